The summed E-state index contributed by atoms with van der Waals surface area (Å²) in [6, 6.07) is 0. The molecule has 1 heterocycles. The minimum absolute atomic E-state index is 0.0409. The van der Waals surface area contributed by atoms with Crippen molar-refractivity contribution in [1.82, 2.24) is 14.7 Å². The predicted octanol–water partition coefficient (Wildman–Crippen LogP) is 1.28. The summed E-state index contributed by atoms with van der Waals surface area (Å²) in [5.74, 6) is 0.00229. The van der Waals surface area contributed by atoms with E-state index in [2.05, 4.69) is 5.10 Å². The van der Waals surface area contributed by atoms with Crippen molar-refractivity contribution in [1.29, 1.82) is 0 Å². The third kappa shape index (κ3) is 2.76. The van der Waals surface area contributed by atoms with Crippen LogP contribution in [0.15, 0.2) is 0 Å². The molecule has 4 nitrogen and oxygen atoms in total. The summed E-state index contributed by atoms with van der Waals surface area (Å²) in [7, 11) is 3.70. The Labute approximate surface area is 101 Å². The summed E-state index contributed by atoms with van der Waals surface area (Å²) in [4.78, 5) is 12.9. The molecule has 0 aliphatic heterocycles. The van der Waals surface area contributed by atoms with Gasteiger partial charge < -0.3 is 4.90 Å². The Kier molecular flexibility index (Phi) is 4.35. The Morgan fingerprint density at radius 3 is 2.56 bits per heavy atom. The van der Waals surface area contributed by atoms with E-state index < -0.39 is 0 Å². The molecule has 0 aliphatic rings. The summed E-state index contributed by atoms with van der Waals surface area (Å²) < 4.78 is 1.87. The highest BCUT2D eigenvalue weighted by Gasteiger charge is 2.12. The first-order chi connectivity index (χ1) is 7.47. The van der Waals surface area contributed by atoms with Gasteiger partial charge in [0.25, 0.3) is 0 Å². The molecule has 1 amide bonds. The number of aryl methyl sites for hydroxylation is 2. The standard InChI is InChI=1S/C11H18ClN3O/c1-8-10(9(2)15(4)13-8)5-6-14(3)11(16)7-12/h5-7H2,1-4H3. The molecule has 1 aromatic rings. The van der Waals surface area contributed by atoms with Crippen molar-refractivity contribution in [3.8, 4) is 0 Å². The Morgan fingerprint density at radius 2 is 2.12 bits per heavy atom. The van der Waals surface area contributed by atoms with Crippen LogP contribution in [0.2, 0.25) is 0 Å². The van der Waals surface area contributed by atoms with E-state index in [-0.39, 0.29) is 11.8 Å². The molecule has 0 radical (unpaired) electrons. The minimum atomic E-state index is -0.0409. The molecular formula is C11H18ClN3O. The van der Waals surface area contributed by atoms with E-state index in [1.807, 2.05) is 25.6 Å². The molecule has 0 spiro atoms. The van der Waals surface area contributed by atoms with Crippen LogP contribution in [0.25, 0.3) is 0 Å². The van der Waals surface area contributed by atoms with Crippen LogP contribution in [0, 0.1) is 13.8 Å². The van der Waals surface area contributed by atoms with Gasteiger partial charge in [0, 0.05) is 26.3 Å². The number of amides is 1. The molecule has 1 rings (SSSR count). The second-order valence-corrected chi connectivity index (χ2v) is 4.24. The lowest BCUT2D eigenvalue weighted by Crippen LogP contribution is -2.29. The Hall–Kier alpha value is -1.03. The average Bonchev–Trinajstić information content (AvgIpc) is 2.49. The molecule has 0 unspecified atom stereocenters. The topological polar surface area (TPSA) is 38.1 Å². The van der Waals surface area contributed by atoms with E-state index in [0.29, 0.717) is 6.54 Å². The summed E-state index contributed by atoms with van der Waals surface area (Å²) in [5, 5.41) is 4.34. The van der Waals surface area contributed by atoms with Gasteiger partial charge in [0.1, 0.15) is 5.88 Å². The number of halogens is 1. The summed E-state index contributed by atoms with van der Waals surface area (Å²) in [6.07, 6.45) is 0.824. The number of nitrogens with zero attached hydrogens (tertiary/aromatic N) is 3. The maximum absolute atomic E-state index is 11.3. The summed E-state index contributed by atoms with van der Waals surface area (Å²) >= 11 is 5.49. The highest BCUT2D eigenvalue weighted by molar-refractivity contribution is 6.27. The molecular weight excluding hydrogens is 226 g/mol. The second kappa shape index (κ2) is 5.34. The smallest absolute Gasteiger partial charge is 0.237 e. The molecule has 0 bridgehead atoms. The van der Waals surface area contributed by atoms with E-state index in [1.54, 1.807) is 11.9 Å². The average molecular weight is 244 g/mol. The van der Waals surface area contributed by atoms with Gasteiger partial charge in [-0.3, -0.25) is 9.48 Å². The molecule has 0 atom stereocenters. The van der Waals surface area contributed by atoms with E-state index in [9.17, 15) is 4.79 Å². The quantitative estimate of drug-likeness (QED) is 0.748. The molecule has 1 aromatic heterocycles. The van der Waals surface area contributed by atoms with E-state index in [1.165, 1.54) is 5.56 Å². The molecule has 16 heavy (non-hydrogen) atoms. The van der Waals surface area contributed by atoms with Crippen LogP contribution < -0.4 is 0 Å². The molecule has 0 saturated heterocycles. The Morgan fingerprint density at radius 1 is 1.50 bits per heavy atom. The highest BCUT2D eigenvalue weighted by atomic mass is 35.5. The van der Waals surface area contributed by atoms with Gasteiger partial charge in [-0.05, 0) is 25.8 Å². The Bertz CT molecular complexity index is 387. The zero-order chi connectivity index (χ0) is 12.3. The molecule has 0 aliphatic carbocycles. The number of alkyl halides is 1. The lowest BCUT2D eigenvalue weighted by atomic mass is 10.1. The van der Waals surface area contributed by atoms with Gasteiger partial charge >= 0.3 is 0 Å². The van der Waals surface area contributed by atoms with Crippen molar-refractivity contribution in [3.63, 3.8) is 0 Å². The third-order valence-corrected chi connectivity index (χ3v) is 3.12. The molecule has 90 valence electrons. The van der Waals surface area contributed by atoms with Crippen LogP contribution >= 0.6 is 11.6 Å². The fraction of sp³-hybridized carbons (Fsp3) is 0.636. The SMILES string of the molecule is Cc1nn(C)c(C)c1CCN(C)C(=O)CCl. The van der Waals surface area contributed by atoms with Gasteiger partial charge in [0.15, 0.2) is 0 Å². The number of hydrogen-bond acceptors (Lipinski definition) is 2. The zero-order valence-corrected chi connectivity index (χ0v) is 11.0. The van der Waals surface area contributed by atoms with Gasteiger partial charge in [-0.1, -0.05) is 0 Å². The first-order valence-corrected chi connectivity index (χ1v) is 5.79. The van der Waals surface area contributed by atoms with Gasteiger partial charge in [-0.2, -0.15) is 5.10 Å². The largest absolute Gasteiger partial charge is 0.344 e. The number of likely N-dealkylation sites (N-methyl/N-ethyl adjacent to an activating group) is 1. The molecule has 0 fully saturated rings. The van der Waals surface area contributed by atoms with Crippen molar-refractivity contribution in [2.45, 2.75) is 20.3 Å². The van der Waals surface area contributed by atoms with Gasteiger partial charge in [0.2, 0.25) is 5.91 Å². The first-order valence-electron chi connectivity index (χ1n) is 5.26. The lowest BCUT2D eigenvalue weighted by molar-refractivity contribution is -0.127. The van der Waals surface area contributed by atoms with Gasteiger partial charge in [-0.15, -0.1) is 11.6 Å². The first kappa shape index (κ1) is 13.0. The zero-order valence-electron chi connectivity index (χ0n) is 10.2. The van der Waals surface area contributed by atoms with Crippen molar-refractivity contribution in [3.05, 3.63) is 17.0 Å². The molecule has 0 N–H and O–H groups in total. The van der Waals surface area contributed by atoms with Crippen LogP contribution in [0.4, 0.5) is 0 Å². The van der Waals surface area contributed by atoms with Gasteiger partial charge in [-0.25, -0.2) is 0 Å². The fourth-order valence-electron chi connectivity index (χ4n) is 1.69. The van der Waals surface area contributed by atoms with Crippen LogP contribution in [0.3, 0.4) is 0 Å². The van der Waals surface area contributed by atoms with Crippen LogP contribution in [-0.2, 0) is 18.3 Å². The van der Waals surface area contributed by atoms with Crippen molar-refractivity contribution < 1.29 is 4.79 Å². The number of aromatic nitrogens is 2. The number of carbonyl (C=O) groups excluding carboxylic acids is 1. The maximum atomic E-state index is 11.3. The third-order valence-electron chi connectivity index (χ3n) is 2.90. The van der Waals surface area contributed by atoms with Crippen molar-refractivity contribution >= 4 is 17.5 Å². The highest BCUT2D eigenvalue weighted by Crippen LogP contribution is 2.12. The predicted molar refractivity (Wildman–Crippen MR) is 64.7 cm³/mol. The molecule has 0 aromatic carbocycles. The van der Waals surface area contributed by atoms with Crippen LogP contribution in [0.5, 0.6) is 0 Å². The second-order valence-electron chi connectivity index (χ2n) is 3.97. The van der Waals surface area contributed by atoms with Crippen molar-refractivity contribution in [2.24, 2.45) is 7.05 Å². The molecule has 5 heteroatoms. The van der Waals surface area contributed by atoms with E-state index >= 15 is 0 Å². The Balaban J connectivity index is 2.64. The number of hydrogen-bond donors (Lipinski definition) is 0. The van der Waals surface area contributed by atoms with E-state index in [0.717, 1.165) is 17.8 Å². The summed E-state index contributed by atoms with van der Waals surface area (Å²) in [5.41, 5.74) is 3.41. The van der Waals surface area contributed by atoms with Crippen molar-refractivity contribution in [2.75, 3.05) is 19.5 Å². The monoisotopic (exact) mass is 243 g/mol. The van der Waals surface area contributed by atoms with E-state index in [4.69, 9.17) is 11.6 Å². The molecule has 0 saturated carbocycles. The van der Waals surface area contributed by atoms with Gasteiger partial charge in [0.05, 0.1) is 5.69 Å². The van der Waals surface area contributed by atoms with Crippen LogP contribution in [0.1, 0.15) is 17.0 Å². The number of rotatable bonds is 4. The normalized spacial score (nSPS) is 10.6. The number of carbonyl (C=O) groups is 1. The fourth-order valence-corrected chi connectivity index (χ4v) is 1.89. The lowest BCUT2D eigenvalue weighted by Gasteiger charge is -2.15. The maximum Gasteiger partial charge on any atom is 0.237 e. The minimum Gasteiger partial charge on any atom is -0.344 e. The van der Waals surface area contributed by atoms with Crippen LogP contribution in [-0.4, -0.2) is 40.1 Å². The summed E-state index contributed by atoms with van der Waals surface area (Å²) in [6.45, 7) is 4.71.